The molecule has 2 aliphatic rings. The lowest BCUT2D eigenvalue weighted by Crippen LogP contribution is -2.54. The van der Waals surface area contributed by atoms with Crippen LogP contribution in [0.5, 0.6) is 11.6 Å². The van der Waals surface area contributed by atoms with Crippen molar-refractivity contribution in [1.29, 1.82) is 0 Å². The second-order valence-electron chi connectivity index (χ2n) is 8.51. The van der Waals surface area contributed by atoms with Crippen LogP contribution in [-0.4, -0.2) is 60.4 Å². The summed E-state index contributed by atoms with van der Waals surface area (Å²) in [6.07, 6.45) is -4.53. The third kappa shape index (κ3) is 4.25. The number of halogens is 4. The number of nitrogens with zero attached hydrogens (tertiary/aromatic N) is 2. The van der Waals surface area contributed by atoms with Gasteiger partial charge in [0, 0.05) is 36.2 Å². The quantitative estimate of drug-likeness (QED) is 0.541. The summed E-state index contributed by atoms with van der Waals surface area (Å²) in [5.41, 5.74) is 0.283. The summed E-state index contributed by atoms with van der Waals surface area (Å²) in [5, 5.41) is 3.68. The Morgan fingerprint density at radius 2 is 2.06 bits per heavy atom. The van der Waals surface area contributed by atoms with Gasteiger partial charge in [-0.15, -0.1) is 0 Å². The fraction of sp³-hybridized carbons (Fsp3) is 0.435. The maximum Gasteiger partial charge on any atom is 0.431 e. The molecule has 0 bridgehead atoms. The van der Waals surface area contributed by atoms with Crippen molar-refractivity contribution in [2.45, 2.75) is 31.3 Å². The van der Waals surface area contributed by atoms with Crippen molar-refractivity contribution in [3.8, 4) is 11.6 Å². The minimum absolute atomic E-state index is 0.0239. The van der Waals surface area contributed by atoms with E-state index in [-0.39, 0.29) is 35.7 Å². The van der Waals surface area contributed by atoms with E-state index in [0.717, 1.165) is 6.07 Å². The summed E-state index contributed by atoms with van der Waals surface area (Å²) in [6, 6.07) is 6.35. The second kappa shape index (κ2) is 8.62. The van der Waals surface area contributed by atoms with E-state index in [0.29, 0.717) is 36.7 Å². The molecule has 1 aromatic carbocycles. The van der Waals surface area contributed by atoms with Gasteiger partial charge in [-0.1, -0.05) is 6.07 Å². The number of nitrogens with one attached hydrogen (secondary N) is 2. The Hall–Kier alpha value is -3.05. The van der Waals surface area contributed by atoms with Gasteiger partial charge in [0.2, 0.25) is 5.88 Å². The first kappa shape index (κ1) is 22.7. The van der Waals surface area contributed by atoms with Gasteiger partial charge in [0.1, 0.15) is 29.5 Å². The van der Waals surface area contributed by atoms with Gasteiger partial charge in [0.15, 0.2) is 0 Å². The number of rotatable bonds is 4. The van der Waals surface area contributed by atoms with Crippen LogP contribution in [0.15, 0.2) is 30.3 Å². The number of anilines is 1. The van der Waals surface area contributed by atoms with Crippen LogP contribution in [0.4, 0.5) is 23.2 Å². The van der Waals surface area contributed by atoms with Gasteiger partial charge >= 0.3 is 6.18 Å². The fourth-order valence-corrected chi connectivity index (χ4v) is 4.63. The van der Waals surface area contributed by atoms with Gasteiger partial charge in [0.25, 0.3) is 0 Å². The molecule has 34 heavy (non-hydrogen) atoms. The maximum atomic E-state index is 13.9. The van der Waals surface area contributed by atoms with Gasteiger partial charge in [-0.25, -0.2) is 4.39 Å². The molecule has 4 heterocycles. The third-order valence-corrected chi connectivity index (χ3v) is 6.25. The van der Waals surface area contributed by atoms with Crippen LogP contribution in [0.3, 0.4) is 0 Å². The molecule has 2 aliphatic heterocycles. The Morgan fingerprint density at radius 1 is 1.24 bits per heavy atom. The van der Waals surface area contributed by atoms with Crippen molar-refractivity contribution in [2.24, 2.45) is 0 Å². The lowest BCUT2D eigenvalue weighted by Gasteiger charge is -2.44. The van der Waals surface area contributed by atoms with Gasteiger partial charge in [-0.3, -0.25) is 4.90 Å². The molecule has 0 spiro atoms. The number of benzene rings is 1. The molecule has 0 saturated carbocycles. The normalized spacial score (nSPS) is 23.4. The van der Waals surface area contributed by atoms with Crippen molar-refractivity contribution in [2.75, 3.05) is 38.7 Å². The maximum absolute atomic E-state index is 13.9. The highest BCUT2D eigenvalue weighted by atomic mass is 19.4. The van der Waals surface area contributed by atoms with E-state index in [9.17, 15) is 17.6 Å². The number of pyridine rings is 1. The van der Waals surface area contributed by atoms with Crippen molar-refractivity contribution < 1.29 is 31.8 Å². The van der Waals surface area contributed by atoms with E-state index in [1.807, 2.05) is 6.92 Å². The monoisotopic (exact) mass is 480 g/mol. The predicted molar refractivity (Wildman–Crippen MR) is 117 cm³/mol. The lowest BCUT2D eigenvalue weighted by atomic mass is 9.93. The summed E-state index contributed by atoms with van der Waals surface area (Å²) in [6.45, 7) is 4.16. The number of hydrogen-bond donors (Lipinski definition) is 2. The predicted octanol–water partition coefficient (Wildman–Crippen LogP) is 4.36. The zero-order valence-electron chi connectivity index (χ0n) is 18.6. The summed E-state index contributed by atoms with van der Waals surface area (Å²) in [7, 11) is 1.40. The third-order valence-electron chi connectivity index (χ3n) is 6.25. The Balaban J connectivity index is 1.59. The van der Waals surface area contributed by atoms with E-state index in [1.54, 1.807) is 12.1 Å². The van der Waals surface area contributed by atoms with Crippen LogP contribution >= 0.6 is 0 Å². The highest BCUT2D eigenvalue weighted by Gasteiger charge is 2.38. The molecule has 1 saturated heterocycles. The van der Waals surface area contributed by atoms with E-state index in [2.05, 4.69) is 20.2 Å². The van der Waals surface area contributed by atoms with Crippen molar-refractivity contribution >= 4 is 16.7 Å². The second-order valence-corrected chi connectivity index (χ2v) is 8.51. The fourth-order valence-electron chi connectivity index (χ4n) is 4.63. The molecule has 0 amide bonds. The molecule has 0 radical (unpaired) electrons. The number of hydrogen-bond acceptors (Lipinski definition) is 6. The molecular weight excluding hydrogens is 456 g/mol. The molecular formula is C23H24F4N4O3. The SMILES string of the molecule is COc1cc(NC2c3ccc(F)cc3OCC2N2CCOC(C)C2)c2cc(C(F)(F)F)[nH]c2n1. The zero-order chi connectivity index (χ0) is 24.0. The van der Waals surface area contributed by atoms with Gasteiger partial charge in [-0.2, -0.15) is 18.2 Å². The highest BCUT2D eigenvalue weighted by molar-refractivity contribution is 5.91. The lowest BCUT2D eigenvalue weighted by molar-refractivity contribution is -0.140. The largest absolute Gasteiger partial charge is 0.491 e. The smallest absolute Gasteiger partial charge is 0.431 e. The molecule has 3 unspecified atom stereocenters. The molecule has 3 aromatic rings. The molecule has 7 nitrogen and oxygen atoms in total. The van der Waals surface area contributed by atoms with Crippen molar-refractivity contribution in [1.82, 2.24) is 14.9 Å². The zero-order valence-corrected chi connectivity index (χ0v) is 18.6. The Labute approximate surface area is 193 Å². The number of fused-ring (bicyclic) bond motifs is 2. The van der Waals surface area contributed by atoms with Crippen molar-refractivity contribution in [3.63, 3.8) is 0 Å². The molecule has 11 heteroatoms. The number of ether oxygens (including phenoxy) is 3. The number of morpholine rings is 1. The van der Waals surface area contributed by atoms with E-state index >= 15 is 0 Å². The van der Waals surface area contributed by atoms with E-state index in [4.69, 9.17) is 14.2 Å². The topological polar surface area (TPSA) is 71.6 Å². The van der Waals surface area contributed by atoms with E-state index in [1.165, 1.54) is 19.2 Å². The summed E-state index contributed by atoms with van der Waals surface area (Å²) < 4.78 is 70.9. The van der Waals surface area contributed by atoms with Crippen LogP contribution < -0.4 is 14.8 Å². The van der Waals surface area contributed by atoms with Crippen LogP contribution in [0.25, 0.3) is 11.0 Å². The van der Waals surface area contributed by atoms with Crippen LogP contribution in [0, 0.1) is 5.82 Å². The summed E-state index contributed by atoms with van der Waals surface area (Å²) >= 11 is 0. The first-order valence-corrected chi connectivity index (χ1v) is 10.9. The molecule has 182 valence electrons. The number of methoxy groups -OCH3 is 1. The van der Waals surface area contributed by atoms with Crippen LogP contribution in [-0.2, 0) is 10.9 Å². The number of alkyl halides is 3. The highest BCUT2D eigenvalue weighted by Crippen LogP contribution is 2.40. The number of aromatic amines is 1. The Bertz CT molecular complexity index is 1200. The first-order chi connectivity index (χ1) is 16.2. The molecule has 3 atom stereocenters. The molecule has 1 fully saturated rings. The molecule has 2 N–H and O–H groups in total. The number of H-pyrrole nitrogens is 1. The Morgan fingerprint density at radius 3 is 2.79 bits per heavy atom. The summed E-state index contributed by atoms with van der Waals surface area (Å²) in [4.78, 5) is 8.70. The van der Waals surface area contributed by atoms with E-state index < -0.39 is 23.7 Å². The van der Waals surface area contributed by atoms with Crippen LogP contribution in [0.2, 0.25) is 0 Å². The molecule has 5 rings (SSSR count). The van der Waals surface area contributed by atoms with Gasteiger partial charge in [0.05, 0.1) is 37.6 Å². The Kier molecular flexibility index (Phi) is 5.76. The first-order valence-electron chi connectivity index (χ1n) is 10.9. The number of aromatic nitrogens is 2. The van der Waals surface area contributed by atoms with Crippen molar-refractivity contribution in [3.05, 3.63) is 47.4 Å². The molecule has 0 aliphatic carbocycles. The summed E-state index contributed by atoms with van der Waals surface area (Å²) in [5.74, 6) is 0.134. The average Bonchev–Trinajstić information content (AvgIpc) is 3.24. The average molecular weight is 480 g/mol. The van der Waals surface area contributed by atoms with Gasteiger partial charge in [-0.05, 0) is 19.1 Å². The minimum Gasteiger partial charge on any atom is -0.491 e. The van der Waals surface area contributed by atoms with Crippen LogP contribution in [0.1, 0.15) is 24.2 Å². The van der Waals surface area contributed by atoms with Gasteiger partial charge < -0.3 is 24.5 Å². The molecule has 2 aromatic heterocycles. The standard InChI is InChI=1S/C23H24F4N4O3/c1-12-10-31(5-6-33-12)17-11-34-18-7-13(24)3-4-14(18)21(17)28-16-9-20(32-2)30-22-15(16)8-19(29-22)23(25,26)27/h3-4,7-9,12,17,21H,5-6,10-11H2,1-2H3,(H2,28,29,30). The minimum atomic E-state index is -4.56.